The third-order valence-corrected chi connectivity index (χ3v) is 13.5. The van der Waals surface area contributed by atoms with Crippen molar-refractivity contribution in [1.29, 1.82) is 0 Å². The molecule has 13 rings (SSSR count). The summed E-state index contributed by atoms with van der Waals surface area (Å²) >= 11 is 0. The van der Waals surface area contributed by atoms with Gasteiger partial charge in [0.1, 0.15) is 22.3 Å². The van der Waals surface area contributed by atoms with Gasteiger partial charge in [0.05, 0.1) is 0 Å². The Morgan fingerprint density at radius 1 is 0.323 bits per heavy atom. The summed E-state index contributed by atoms with van der Waals surface area (Å²) in [7, 11) is 0. The molecule has 0 bridgehead atoms. The molecule has 10 aromatic carbocycles. The zero-order valence-corrected chi connectivity index (χ0v) is 34.3. The Kier molecular flexibility index (Phi) is 7.36. The van der Waals surface area contributed by atoms with E-state index in [4.69, 9.17) is 8.83 Å². The fraction of sp³-hybridized carbons (Fsp3) is 0.0508. The van der Waals surface area contributed by atoms with Gasteiger partial charge in [0, 0.05) is 65.9 Å². The lowest BCUT2D eigenvalue weighted by atomic mass is 9.82. The lowest BCUT2D eigenvalue weighted by Gasteiger charge is -2.28. The molecule has 0 N–H and O–H groups in total. The quantitative estimate of drug-likeness (QED) is 0.174. The van der Waals surface area contributed by atoms with Gasteiger partial charge in [-0.1, -0.05) is 166 Å². The molecule has 292 valence electrons. The van der Waals surface area contributed by atoms with Gasteiger partial charge in [0.15, 0.2) is 0 Å². The third kappa shape index (κ3) is 5.06. The summed E-state index contributed by atoms with van der Waals surface area (Å²) in [5.74, 6) is 0. The predicted molar refractivity (Wildman–Crippen MR) is 259 cm³/mol. The van der Waals surface area contributed by atoms with Crippen LogP contribution in [0, 0.1) is 0 Å². The molecule has 1 aliphatic rings. The maximum absolute atomic E-state index is 6.75. The van der Waals surface area contributed by atoms with Gasteiger partial charge in [-0.2, -0.15) is 0 Å². The van der Waals surface area contributed by atoms with Crippen molar-refractivity contribution >= 4 is 82.5 Å². The van der Waals surface area contributed by atoms with E-state index in [1.54, 1.807) is 0 Å². The van der Waals surface area contributed by atoms with Crippen molar-refractivity contribution < 1.29 is 8.83 Å². The van der Waals surface area contributed by atoms with Crippen LogP contribution in [0.2, 0.25) is 0 Å². The van der Waals surface area contributed by atoms with Crippen LogP contribution in [0.25, 0.3) is 98.8 Å². The monoisotopic (exact) mass is 793 g/mol. The molecule has 62 heavy (non-hydrogen) atoms. The lowest BCUT2D eigenvalue weighted by molar-refractivity contribution is 0.660. The van der Waals surface area contributed by atoms with E-state index in [1.807, 2.05) is 0 Å². The van der Waals surface area contributed by atoms with Crippen molar-refractivity contribution in [2.24, 2.45) is 0 Å². The minimum absolute atomic E-state index is 0.130. The highest BCUT2D eigenvalue weighted by molar-refractivity contribution is 6.18. The molecular weight excluding hydrogens is 755 g/mol. The van der Waals surface area contributed by atoms with Gasteiger partial charge in [-0.15, -0.1) is 0 Å². The highest BCUT2D eigenvalue weighted by atomic mass is 16.3. The number of benzene rings is 10. The van der Waals surface area contributed by atoms with Crippen LogP contribution in [0.1, 0.15) is 25.0 Å². The standard InChI is InChI=1S/C59H39NO2/c1-59(2)53-20-8-7-15-47(53)48-34-31-42(35-54(48)59)60(40-27-21-38(22-28-40)45-16-9-18-49-51-32-25-36-11-3-5-13-43(36)57(51)61-55(45)49)41-29-23-39(24-30-41)46-17-10-19-50-52-33-26-37-12-4-6-14-44(37)58(52)62-56(46)50/h3-35H,1-2H3. The van der Waals surface area contributed by atoms with Crippen molar-refractivity contribution in [1.82, 2.24) is 0 Å². The normalized spacial score (nSPS) is 13.1. The SMILES string of the molecule is CC1(C)c2ccccc2-c2ccc(N(c3ccc(-c4cccc5c4oc4c6ccccc6ccc54)cc3)c3ccc(-c4cccc5c4oc4c6ccccc6ccc54)cc3)cc21. The number of rotatable bonds is 5. The van der Waals surface area contributed by atoms with Gasteiger partial charge in [-0.25, -0.2) is 0 Å². The van der Waals surface area contributed by atoms with Crippen LogP contribution in [0.3, 0.4) is 0 Å². The Bertz CT molecular complexity index is 3580. The number of fused-ring (bicyclic) bond motifs is 13. The Balaban J connectivity index is 0.936. The molecule has 0 radical (unpaired) electrons. The van der Waals surface area contributed by atoms with E-state index in [2.05, 4.69) is 219 Å². The molecule has 3 heteroatoms. The topological polar surface area (TPSA) is 29.5 Å². The summed E-state index contributed by atoms with van der Waals surface area (Å²) < 4.78 is 13.5. The molecule has 12 aromatic rings. The molecule has 2 heterocycles. The number of nitrogens with zero attached hydrogens (tertiary/aromatic N) is 1. The first-order chi connectivity index (χ1) is 30.5. The van der Waals surface area contributed by atoms with E-state index in [9.17, 15) is 0 Å². The van der Waals surface area contributed by atoms with Crippen molar-refractivity contribution in [3.8, 4) is 33.4 Å². The molecule has 0 aliphatic heterocycles. The van der Waals surface area contributed by atoms with Gasteiger partial charge in [-0.3, -0.25) is 0 Å². The molecule has 0 saturated heterocycles. The number of furan rings is 2. The first-order valence-corrected chi connectivity index (χ1v) is 21.4. The van der Waals surface area contributed by atoms with Crippen LogP contribution in [-0.4, -0.2) is 0 Å². The van der Waals surface area contributed by atoms with Crippen LogP contribution in [0.5, 0.6) is 0 Å². The minimum atomic E-state index is -0.130. The van der Waals surface area contributed by atoms with E-state index in [0.29, 0.717) is 0 Å². The maximum atomic E-state index is 6.75. The molecule has 0 fully saturated rings. The second-order valence-corrected chi connectivity index (χ2v) is 17.2. The summed E-state index contributed by atoms with van der Waals surface area (Å²) in [6, 6.07) is 72.3. The summed E-state index contributed by atoms with van der Waals surface area (Å²) in [5.41, 5.74) is 16.5. The van der Waals surface area contributed by atoms with Gasteiger partial charge in [0.2, 0.25) is 0 Å². The van der Waals surface area contributed by atoms with Gasteiger partial charge >= 0.3 is 0 Å². The Morgan fingerprint density at radius 2 is 0.758 bits per heavy atom. The first kappa shape index (κ1) is 34.9. The smallest absolute Gasteiger partial charge is 0.143 e. The highest BCUT2D eigenvalue weighted by Crippen LogP contribution is 2.51. The summed E-state index contributed by atoms with van der Waals surface area (Å²) in [6.45, 7) is 4.69. The minimum Gasteiger partial charge on any atom is -0.455 e. The van der Waals surface area contributed by atoms with Crippen molar-refractivity contribution in [3.63, 3.8) is 0 Å². The number of anilines is 3. The fourth-order valence-corrected chi connectivity index (χ4v) is 10.4. The molecular formula is C59H39NO2. The predicted octanol–water partition coefficient (Wildman–Crippen LogP) is 16.9. The van der Waals surface area contributed by atoms with Gasteiger partial charge < -0.3 is 13.7 Å². The summed E-state index contributed by atoms with van der Waals surface area (Å²) in [6.07, 6.45) is 0. The first-order valence-electron chi connectivity index (χ1n) is 21.4. The molecule has 0 saturated carbocycles. The van der Waals surface area contributed by atoms with Crippen molar-refractivity contribution in [2.75, 3.05) is 4.90 Å². The second-order valence-electron chi connectivity index (χ2n) is 17.2. The summed E-state index contributed by atoms with van der Waals surface area (Å²) in [4.78, 5) is 2.38. The zero-order chi connectivity index (χ0) is 41.1. The lowest BCUT2D eigenvalue weighted by Crippen LogP contribution is -2.16. The van der Waals surface area contributed by atoms with Crippen LogP contribution in [-0.2, 0) is 5.41 Å². The van der Waals surface area contributed by atoms with Crippen LogP contribution < -0.4 is 4.90 Å². The van der Waals surface area contributed by atoms with Crippen LogP contribution in [0.4, 0.5) is 17.1 Å². The van der Waals surface area contributed by atoms with E-state index < -0.39 is 0 Å². The van der Waals surface area contributed by atoms with Gasteiger partial charge in [0.25, 0.3) is 0 Å². The fourth-order valence-electron chi connectivity index (χ4n) is 10.4. The zero-order valence-electron chi connectivity index (χ0n) is 34.3. The van der Waals surface area contributed by atoms with E-state index in [1.165, 1.54) is 33.0 Å². The molecule has 1 aliphatic carbocycles. The molecule has 0 amide bonds. The second kappa shape index (κ2) is 13.1. The van der Waals surface area contributed by atoms with E-state index >= 15 is 0 Å². The van der Waals surface area contributed by atoms with Crippen molar-refractivity contribution in [2.45, 2.75) is 19.3 Å². The maximum Gasteiger partial charge on any atom is 0.143 e. The highest BCUT2D eigenvalue weighted by Gasteiger charge is 2.35. The number of hydrogen-bond donors (Lipinski definition) is 0. The van der Waals surface area contributed by atoms with Crippen molar-refractivity contribution in [3.05, 3.63) is 211 Å². The summed E-state index contributed by atoms with van der Waals surface area (Å²) in [5, 5.41) is 9.15. The van der Waals surface area contributed by atoms with E-state index in [0.717, 1.165) is 94.0 Å². The largest absolute Gasteiger partial charge is 0.455 e. The molecule has 0 unspecified atom stereocenters. The van der Waals surface area contributed by atoms with Crippen LogP contribution in [0.15, 0.2) is 209 Å². The van der Waals surface area contributed by atoms with E-state index in [-0.39, 0.29) is 5.41 Å². The molecule has 0 spiro atoms. The Labute approximate surface area is 358 Å². The molecule has 2 aromatic heterocycles. The third-order valence-electron chi connectivity index (χ3n) is 13.5. The molecule has 0 atom stereocenters. The van der Waals surface area contributed by atoms with Crippen LogP contribution >= 0.6 is 0 Å². The Hall–Kier alpha value is -7.88. The van der Waals surface area contributed by atoms with Gasteiger partial charge in [-0.05, 0) is 92.7 Å². The average molecular weight is 794 g/mol. The molecule has 3 nitrogen and oxygen atoms in total. The number of para-hydroxylation sites is 2. The number of hydrogen-bond acceptors (Lipinski definition) is 3. The Morgan fingerprint density at radius 3 is 1.32 bits per heavy atom. The average Bonchev–Trinajstić information content (AvgIpc) is 3.98.